The highest BCUT2D eigenvalue weighted by molar-refractivity contribution is 5.91. The Morgan fingerprint density at radius 2 is 2.00 bits per heavy atom. The first-order valence-electron chi connectivity index (χ1n) is 8.11. The van der Waals surface area contributed by atoms with E-state index >= 15 is 0 Å². The summed E-state index contributed by atoms with van der Waals surface area (Å²) in [5.41, 5.74) is 0. The lowest BCUT2D eigenvalue weighted by atomic mass is 10.0. The third-order valence-corrected chi connectivity index (χ3v) is 3.74. The molecule has 0 aromatic carbocycles. The lowest BCUT2D eigenvalue weighted by molar-refractivity contribution is 0.0893. The number of likely N-dealkylation sites (N-methyl/N-ethyl adjacent to an activating group) is 1. The molecule has 0 fully saturated rings. The van der Waals surface area contributed by atoms with Crippen LogP contribution in [0.1, 0.15) is 50.4 Å². The average molecular weight is 310 g/mol. The summed E-state index contributed by atoms with van der Waals surface area (Å²) in [6.45, 7) is 11.7. The van der Waals surface area contributed by atoms with Crippen LogP contribution in [0.4, 0.5) is 0 Å². The van der Waals surface area contributed by atoms with Gasteiger partial charge >= 0.3 is 0 Å². The van der Waals surface area contributed by atoms with Crippen molar-refractivity contribution in [3.05, 3.63) is 23.7 Å². The summed E-state index contributed by atoms with van der Waals surface area (Å²) >= 11 is 0. The Labute approximate surface area is 134 Å². The van der Waals surface area contributed by atoms with Gasteiger partial charge < -0.3 is 14.5 Å². The van der Waals surface area contributed by atoms with Crippen LogP contribution in [0.3, 0.4) is 0 Å². The summed E-state index contributed by atoms with van der Waals surface area (Å²) in [7, 11) is 1.60. The van der Waals surface area contributed by atoms with Crippen LogP contribution in [-0.2, 0) is 11.3 Å². The standard InChI is InChI=1S/C17H30N2O3/c1-6-19(7-2)14(10-13(3)4)11-18-17(20)16-9-8-15(22-16)12-21-5/h8-9,13-14H,6-7,10-12H2,1-5H3,(H,18,20). The molecule has 1 aromatic heterocycles. The van der Waals surface area contributed by atoms with Crippen molar-refractivity contribution >= 4 is 5.91 Å². The number of carbonyl (C=O) groups excluding carboxylic acids is 1. The Balaban J connectivity index is 2.60. The fourth-order valence-electron chi connectivity index (χ4n) is 2.66. The summed E-state index contributed by atoms with van der Waals surface area (Å²) in [5, 5.41) is 2.99. The Kier molecular flexibility index (Phi) is 8.20. The number of nitrogens with zero attached hydrogens (tertiary/aromatic N) is 1. The third kappa shape index (κ3) is 5.81. The number of hydrogen-bond donors (Lipinski definition) is 1. The quantitative estimate of drug-likeness (QED) is 0.722. The van der Waals surface area contributed by atoms with Crippen molar-refractivity contribution in [2.45, 2.75) is 46.8 Å². The van der Waals surface area contributed by atoms with E-state index in [0.717, 1.165) is 19.5 Å². The highest BCUT2D eigenvalue weighted by Gasteiger charge is 2.19. The maximum atomic E-state index is 12.2. The normalized spacial score (nSPS) is 12.9. The molecule has 0 aliphatic carbocycles. The second-order valence-electron chi connectivity index (χ2n) is 5.91. The third-order valence-electron chi connectivity index (χ3n) is 3.74. The van der Waals surface area contributed by atoms with Crippen molar-refractivity contribution in [1.29, 1.82) is 0 Å². The molecule has 5 nitrogen and oxygen atoms in total. The van der Waals surface area contributed by atoms with Crippen LogP contribution in [0.15, 0.2) is 16.5 Å². The molecule has 1 atom stereocenters. The van der Waals surface area contributed by atoms with Crippen molar-refractivity contribution in [3.8, 4) is 0 Å². The van der Waals surface area contributed by atoms with Crippen molar-refractivity contribution in [1.82, 2.24) is 10.2 Å². The summed E-state index contributed by atoms with van der Waals surface area (Å²) in [5.74, 6) is 1.44. The zero-order chi connectivity index (χ0) is 16.5. The minimum atomic E-state index is -0.164. The minimum absolute atomic E-state index is 0.164. The Hall–Kier alpha value is -1.33. The number of amides is 1. The lowest BCUT2D eigenvalue weighted by Gasteiger charge is -2.31. The number of ether oxygens (including phenoxy) is 1. The molecule has 1 N–H and O–H groups in total. The molecule has 1 amide bonds. The molecule has 0 saturated heterocycles. The molecular weight excluding hydrogens is 280 g/mol. The van der Waals surface area contributed by atoms with Gasteiger partial charge in [-0.1, -0.05) is 27.7 Å². The molecule has 1 heterocycles. The zero-order valence-corrected chi connectivity index (χ0v) is 14.5. The van der Waals surface area contributed by atoms with Gasteiger partial charge in [-0.3, -0.25) is 9.69 Å². The minimum Gasteiger partial charge on any atom is -0.453 e. The van der Waals surface area contributed by atoms with Crippen molar-refractivity contribution in [2.24, 2.45) is 5.92 Å². The molecule has 0 radical (unpaired) electrons. The maximum absolute atomic E-state index is 12.2. The van der Waals surface area contributed by atoms with Gasteiger partial charge in [-0.2, -0.15) is 0 Å². The van der Waals surface area contributed by atoms with Gasteiger partial charge in [-0.05, 0) is 37.6 Å². The van der Waals surface area contributed by atoms with Crippen molar-refractivity contribution in [2.75, 3.05) is 26.7 Å². The monoisotopic (exact) mass is 310 g/mol. The first-order chi connectivity index (χ1) is 10.5. The first kappa shape index (κ1) is 18.7. The van der Waals surface area contributed by atoms with Crippen LogP contribution in [0.25, 0.3) is 0 Å². The van der Waals surface area contributed by atoms with Crippen molar-refractivity contribution in [3.63, 3.8) is 0 Å². The molecule has 1 rings (SSSR count). The number of carbonyl (C=O) groups is 1. The molecule has 22 heavy (non-hydrogen) atoms. The topological polar surface area (TPSA) is 54.7 Å². The van der Waals surface area contributed by atoms with E-state index in [1.165, 1.54) is 0 Å². The number of rotatable bonds is 10. The zero-order valence-electron chi connectivity index (χ0n) is 14.5. The molecule has 0 saturated carbocycles. The van der Waals surface area contributed by atoms with Gasteiger partial charge in [-0.25, -0.2) is 0 Å². The Bertz CT molecular complexity index is 439. The molecule has 1 unspecified atom stereocenters. The number of nitrogens with one attached hydrogen (secondary N) is 1. The van der Waals surface area contributed by atoms with Gasteiger partial charge in [0.15, 0.2) is 5.76 Å². The Morgan fingerprint density at radius 3 is 2.55 bits per heavy atom. The average Bonchev–Trinajstić information content (AvgIpc) is 2.94. The highest BCUT2D eigenvalue weighted by Crippen LogP contribution is 2.12. The van der Waals surface area contributed by atoms with Gasteiger partial charge in [0, 0.05) is 19.7 Å². The fraction of sp³-hybridized carbons (Fsp3) is 0.706. The van der Waals surface area contributed by atoms with Crippen LogP contribution < -0.4 is 5.32 Å². The number of hydrogen-bond acceptors (Lipinski definition) is 4. The predicted molar refractivity (Wildman–Crippen MR) is 87.9 cm³/mol. The van der Waals surface area contributed by atoms with Gasteiger partial charge in [0.2, 0.25) is 0 Å². The SMILES string of the molecule is CCN(CC)C(CNC(=O)c1ccc(COC)o1)CC(C)C. The smallest absolute Gasteiger partial charge is 0.287 e. The Morgan fingerprint density at radius 1 is 1.32 bits per heavy atom. The van der Waals surface area contributed by atoms with Crippen LogP contribution in [0.2, 0.25) is 0 Å². The molecule has 1 aromatic rings. The molecular formula is C17H30N2O3. The predicted octanol–water partition coefficient (Wildman–Crippen LogP) is 2.91. The molecule has 5 heteroatoms. The summed E-state index contributed by atoms with van der Waals surface area (Å²) in [6, 6.07) is 3.82. The first-order valence-corrected chi connectivity index (χ1v) is 8.11. The molecule has 0 spiro atoms. The van der Waals surface area contributed by atoms with E-state index in [2.05, 4.69) is 37.9 Å². The van der Waals surface area contributed by atoms with Gasteiger partial charge in [-0.15, -0.1) is 0 Å². The molecule has 126 valence electrons. The van der Waals surface area contributed by atoms with E-state index in [9.17, 15) is 4.79 Å². The fourth-order valence-corrected chi connectivity index (χ4v) is 2.66. The second-order valence-corrected chi connectivity index (χ2v) is 5.91. The molecule has 0 aliphatic rings. The number of methoxy groups -OCH3 is 1. The van der Waals surface area contributed by atoms with E-state index in [1.54, 1.807) is 19.2 Å². The van der Waals surface area contributed by atoms with Gasteiger partial charge in [0.05, 0.1) is 0 Å². The molecule has 0 aliphatic heterocycles. The highest BCUT2D eigenvalue weighted by atomic mass is 16.5. The van der Waals surface area contributed by atoms with E-state index in [4.69, 9.17) is 9.15 Å². The summed E-state index contributed by atoms with van der Waals surface area (Å²) in [4.78, 5) is 14.6. The van der Waals surface area contributed by atoms with Gasteiger partial charge in [0.1, 0.15) is 12.4 Å². The summed E-state index contributed by atoms with van der Waals surface area (Å²) < 4.78 is 10.5. The van der Waals surface area contributed by atoms with E-state index in [1.807, 2.05) is 0 Å². The van der Waals surface area contributed by atoms with Crippen LogP contribution >= 0.6 is 0 Å². The second kappa shape index (κ2) is 9.64. The van der Waals surface area contributed by atoms with Gasteiger partial charge in [0.25, 0.3) is 5.91 Å². The number of furan rings is 1. The van der Waals surface area contributed by atoms with Crippen molar-refractivity contribution < 1.29 is 13.9 Å². The van der Waals surface area contributed by atoms with Crippen LogP contribution in [0, 0.1) is 5.92 Å². The van der Waals surface area contributed by atoms with E-state index < -0.39 is 0 Å². The van der Waals surface area contributed by atoms with E-state index in [-0.39, 0.29) is 5.91 Å². The summed E-state index contributed by atoms with van der Waals surface area (Å²) in [6.07, 6.45) is 1.06. The van der Waals surface area contributed by atoms with E-state index in [0.29, 0.717) is 36.6 Å². The molecule has 0 bridgehead atoms. The maximum Gasteiger partial charge on any atom is 0.287 e. The van der Waals surface area contributed by atoms with Crippen LogP contribution in [-0.4, -0.2) is 43.6 Å². The van der Waals surface area contributed by atoms with Crippen LogP contribution in [0.5, 0.6) is 0 Å². The lowest BCUT2D eigenvalue weighted by Crippen LogP contribution is -2.44. The largest absolute Gasteiger partial charge is 0.453 e.